The molecule has 0 spiro atoms. The number of fused-ring (bicyclic) bond motifs is 4. The third kappa shape index (κ3) is 3.25. The van der Waals surface area contributed by atoms with Crippen LogP contribution in [0.4, 0.5) is 0 Å². The normalized spacial score (nSPS) is 17.2. The molecular weight excluding hydrogens is 342 g/mol. The predicted octanol–water partition coefficient (Wildman–Crippen LogP) is 5.47. The zero-order valence-electron chi connectivity index (χ0n) is 15.7. The van der Waals surface area contributed by atoms with E-state index in [0.29, 0.717) is 5.54 Å². The van der Waals surface area contributed by atoms with E-state index in [9.17, 15) is 0 Å². The van der Waals surface area contributed by atoms with Crippen LogP contribution in [0.15, 0.2) is 71.4 Å². The van der Waals surface area contributed by atoms with E-state index in [1.54, 1.807) is 16.3 Å². The van der Waals surface area contributed by atoms with Crippen LogP contribution in [0.25, 0.3) is 22.9 Å². The summed E-state index contributed by atoms with van der Waals surface area (Å²) in [4.78, 5) is 0. The molecule has 1 atom stereocenters. The summed E-state index contributed by atoms with van der Waals surface area (Å²) in [6.07, 6.45) is 6.09. The van der Waals surface area contributed by atoms with Crippen LogP contribution in [0.5, 0.6) is 0 Å². The topological polar surface area (TPSA) is 0 Å². The van der Waals surface area contributed by atoms with Gasteiger partial charge in [0.05, 0.1) is 8.07 Å². The molecule has 0 radical (unpaired) electrons. The number of benzene rings is 3. The summed E-state index contributed by atoms with van der Waals surface area (Å²) in [7, 11) is -1.64. The van der Waals surface area contributed by atoms with Crippen LogP contribution in [0.2, 0.25) is 13.1 Å². The van der Waals surface area contributed by atoms with E-state index in [1.807, 2.05) is 0 Å². The fourth-order valence-electron chi connectivity index (χ4n) is 5.12. The van der Waals surface area contributed by atoms with E-state index in [0.717, 1.165) is 6.42 Å². The van der Waals surface area contributed by atoms with Gasteiger partial charge >= 0.3 is 37.7 Å². The molecule has 0 aromatic heterocycles. The van der Waals surface area contributed by atoms with Crippen molar-refractivity contribution in [1.82, 2.24) is 0 Å². The van der Waals surface area contributed by atoms with Crippen molar-refractivity contribution in [1.29, 1.82) is 0 Å². The molecule has 0 saturated carbocycles. The van der Waals surface area contributed by atoms with Gasteiger partial charge in [-0.2, -0.15) is 0 Å². The van der Waals surface area contributed by atoms with Crippen molar-refractivity contribution in [2.75, 3.05) is 0 Å². The van der Waals surface area contributed by atoms with Gasteiger partial charge in [-0.05, 0) is 46.4 Å². The van der Waals surface area contributed by atoms with E-state index in [4.69, 9.17) is 0 Å². The predicted molar refractivity (Wildman–Crippen MR) is 130 cm³/mol. The Balaban J connectivity index is 0.00000112. The van der Waals surface area contributed by atoms with Crippen LogP contribution in [-0.4, -0.2) is 45.8 Å². The van der Waals surface area contributed by atoms with Gasteiger partial charge < -0.3 is 0 Å². The second kappa shape index (κ2) is 7.91. The molecule has 0 amide bonds. The third-order valence-corrected chi connectivity index (χ3v) is 10.6. The molecule has 5 rings (SSSR count). The van der Waals surface area contributed by atoms with Crippen molar-refractivity contribution < 1.29 is 0 Å². The molecule has 0 fully saturated rings. The van der Waals surface area contributed by atoms with Crippen LogP contribution >= 0.6 is 0 Å². The van der Waals surface area contributed by atoms with Gasteiger partial charge in [-0.1, -0.05) is 96.7 Å². The summed E-state index contributed by atoms with van der Waals surface area (Å²) >= 11 is 0. The van der Waals surface area contributed by atoms with Crippen molar-refractivity contribution in [3.8, 4) is 0 Å². The summed E-state index contributed by atoms with van der Waals surface area (Å²) in [6.45, 7) is 7.48. The molecule has 0 N–H and O–H groups in total. The summed E-state index contributed by atoms with van der Waals surface area (Å²) in [5, 5.41) is 4.45. The average molecular weight is 368 g/mol. The number of rotatable bonds is 2. The minimum absolute atomic E-state index is 0. The molecule has 132 valence electrons. The second-order valence-electron chi connectivity index (χ2n) is 8.38. The summed E-state index contributed by atoms with van der Waals surface area (Å²) in [5.41, 5.74) is 8.08. The maximum atomic E-state index is 2.57. The molecule has 0 aliphatic heterocycles. The fraction of sp³-hybridized carbons (Fsp3) is 0.200. The Labute approximate surface area is 193 Å². The molecule has 3 aromatic rings. The fourth-order valence-corrected chi connectivity index (χ4v) is 8.91. The molecular formula is C25H26Li2Si. The first-order chi connectivity index (χ1) is 12.6. The molecule has 2 aliphatic rings. The van der Waals surface area contributed by atoms with E-state index in [2.05, 4.69) is 92.8 Å². The number of hydrogen-bond acceptors (Lipinski definition) is 0. The maximum absolute atomic E-state index is 2.57. The van der Waals surface area contributed by atoms with Gasteiger partial charge in [-0.3, -0.25) is 0 Å². The number of allylic oxidation sites excluding steroid dienone is 2. The first-order valence-electron chi connectivity index (χ1n) is 9.54. The summed E-state index contributed by atoms with van der Waals surface area (Å²) in [5.74, 6) is 0. The van der Waals surface area contributed by atoms with Crippen LogP contribution in [0.1, 0.15) is 34.7 Å². The van der Waals surface area contributed by atoms with E-state index < -0.39 is 8.07 Å². The van der Waals surface area contributed by atoms with Gasteiger partial charge in [0.25, 0.3) is 0 Å². The Kier molecular flexibility index (Phi) is 6.08. The Bertz CT molecular complexity index is 1110. The van der Waals surface area contributed by atoms with Crippen LogP contribution in [0, 0.1) is 0 Å². The molecule has 1 unspecified atom stereocenters. The second-order valence-corrected chi connectivity index (χ2v) is 13.0. The zero-order valence-corrected chi connectivity index (χ0v) is 16.7. The Morgan fingerprint density at radius 3 is 2.32 bits per heavy atom. The third-order valence-electron chi connectivity index (χ3n) is 6.46. The van der Waals surface area contributed by atoms with Crippen LogP contribution < -0.4 is 0 Å². The van der Waals surface area contributed by atoms with Gasteiger partial charge in [0.1, 0.15) is 0 Å². The van der Waals surface area contributed by atoms with E-state index >= 15 is 0 Å². The molecule has 3 heteroatoms. The van der Waals surface area contributed by atoms with Gasteiger partial charge in [0.15, 0.2) is 0 Å². The molecule has 3 aromatic carbocycles. The summed E-state index contributed by atoms with van der Waals surface area (Å²) < 4.78 is 0. The quantitative estimate of drug-likeness (QED) is 0.526. The van der Waals surface area contributed by atoms with Gasteiger partial charge in [0.2, 0.25) is 0 Å². The SMILES string of the molecule is CC1=Cc2c(ccc3ccccc23)C1[Si](C)(C)C1=Cc2ccccc2C1.[LiH].[LiH]. The molecule has 0 bridgehead atoms. The minimum atomic E-state index is -1.64. The average Bonchev–Trinajstić information content (AvgIpc) is 3.22. The van der Waals surface area contributed by atoms with Gasteiger partial charge in [-0.25, -0.2) is 0 Å². The first-order valence-corrected chi connectivity index (χ1v) is 12.6. The Hall–Kier alpha value is -1.19. The van der Waals surface area contributed by atoms with Crippen LogP contribution in [0.3, 0.4) is 0 Å². The van der Waals surface area contributed by atoms with E-state index in [1.165, 1.54) is 27.5 Å². The number of hydrogen-bond donors (Lipinski definition) is 0. The Morgan fingerprint density at radius 1 is 0.821 bits per heavy atom. The van der Waals surface area contributed by atoms with Crippen LogP contribution in [-0.2, 0) is 6.42 Å². The Morgan fingerprint density at radius 2 is 1.54 bits per heavy atom. The molecule has 0 saturated heterocycles. The standard InChI is InChI=1S/C25H24Si.2Li.2H/c1-17-14-24-22-11-7-6-8-18(22)12-13-23(24)25(17)26(2,3)21-15-19-9-4-5-10-20(19)16-21;;;;/h4-15,25H,16H2,1-3H3;;;;. The molecule has 28 heavy (non-hydrogen) atoms. The molecule has 0 heterocycles. The summed E-state index contributed by atoms with van der Waals surface area (Å²) in [6, 6.07) is 22.4. The molecule has 2 aliphatic carbocycles. The van der Waals surface area contributed by atoms with Crippen molar-refractivity contribution in [2.24, 2.45) is 0 Å². The van der Waals surface area contributed by atoms with Crippen molar-refractivity contribution in [3.05, 3.63) is 93.7 Å². The van der Waals surface area contributed by atoms with Gasteiger partial charge in [-0.15, -0.1) is 0 Å². The first kappa shape index (κ1) is 21.5. The zero-order chi connectivity index (χ0) is 17.9. The van der Waals surface area contributed by atoms with Crippen molar-refractivity contribution in [2.45, 2.75) is 32.0 Å². The molecule has 0 nitrogen and oxygen atoms in total. The monoisotopic (exact) mass is 368 g/mol. The van der Waals surface area contributed by atoms with Crippen molar-refractivity contribution in [3.63, 3.8) is 0 Å². The van der Waals surface area contributed by atoms with Gasteiger partial charge in [0, 0.05) is 5.54 Å². The van der Waals surface area contributed by atoms with Crippen molar-refractivity contribution >= 4 is 68.7 Å². The van der Waals surface area contributed by atoms with E-state index in [-0.39, 0.29) is 37.7 Å².